The van der Waals surface area contributed by atoms with Crippen LogP contribution < -0.4 is 4.90 Å². The topological polar surface area (TPSA) is 24.8 Å². The van der Waals surface area contributed by atoms with Crippen LogP contribution in [0.2, 0.25) is 0 Å². The predicted octanol–water partition coefficient (Wildman–Crippen LogP) is 3.17. The molecule has 5 heteroatoms. The van der Waals surface area contributed by atoms with E-state index in [0.29, 0.717) is 13.1 Å². The van der Waals surface area contributed by atoms with Crippen LogP contribution in [0, 0.1) is 11.6 Å². The Labute approximate surface area is 165 Å². The molecule has 0 radical (unpaired) electrons. The van der Waals surface area contributed by atoms with E-state index < -0.39 is 23.1 Å². The molecule has 2 aliphatic rings. The lowest BCUT2D eigenvalue weighted by molar-refractivity contribution is -0.966. The zero-order chi connectivity index (χ0) is 19.6. The van der Waals surface area contributed by atoms with E-state index in [4.69, 9.17) is 0 Å². The van der Waals surface area contributed by atoms with Crippen LogP contribution in [0.15, 0.2) is 48.5 Å². The van der Waals surface area contributed by atoms with E-state index >= 15 is 0 Å². The maximum Gasteiger partial charge on any atom is 0.260 e. The zero-order valence-electron chi connectivity index (χ0n) is 16.1. The third-order valence-electron chi connectivity index (χ3n) is 6.54. The molecule has 1 heterocycles. The van der Waals surface area contributed by atoms with E-state index in [1.165, 1.54) is 35.8 Å². The Kier molecular flexibility index (Phi) is 5.44. The molecule has 148 valence electrons. The number of piperazine rings is 1. The van der Waals surface area contributed by atoms with Crippen molar-refractivity contribution in [1.82, 2.24) is 4.90 Å². The van der Waals surface area contributed by atoms with E-state index in [9.17, 15) is 13.6 Å². The number of benzene rings is 2. The fourth-order valence-electron chi connectivity index (χ4n) is 5.08. The van der Waals surface area contributed by atoms with Crippen molar-refractivity contribution in [3.05, 3.63) is 71.3 Å². The predicted molar refractivity (Wildman–Crippen MR) is 104 cm³/mol. The van der Waals surface area contributed by atoms with Crippen LogP contribution in [-0.4, -0.2) is 37.0 Å². The molecule has 0 unspecified atom stereocenters. The molecule has 0 bridgehead atoms. The first kappa shape index (κ1) is 19.1. The van der Waals surface area contributed by atoms with E-state index in [2.05, 4.69) is 30.3 Å². The highest BCUT2D eigenvalue weighted by atomic mass is 19.1. The van der Waals surface area contributed by atoms with Gasteiger partial charge in [-0.3, -0.25) is 4.79 Å². The minimum Gasteiger partial charge on any atom is -0.327 e. The fraction of sp³-hybridized carbons (Fsp3) is 0.435. The molecule has 2 aromatic carbocycles. The quantitative estimate of drug-likeness (QED) is 0.863. The van der Waals surface area contributed by atoms with Gasteiger partial charge in [-0.2, -0.15) is 0 Å². The lowest BCUT2D eigenvalue weighted by Crippen LogP contribution is -3.21. The summed E-state index contributed by atoms with van der Waals surface area (Å²) in [6.45, 7) is 2.65. The summed E-state index contributed by atoms with van der Waals surface area (Å²) >= 11 is 0. The van der Waals surface area contributed by atoms with Gasteiger partial charge in [-0.1, -0.05) is 42.8 Å². The summed E-state index contributed by atoms with van der Waals surface area (Å²) in [6, 6.07) is 14.3. The molecule has 1 aliphatic carbocycles. The maximum absolute atomic E-state index is 14.0. The highest BCUT2D eigenvalue weighted by Crippen LogP contribution is 2.34. The number of nitrogens with one attached hydrogen (secondary N) is 1. The Morgan fingerprint density at radius 3 is 2.07 bits per heavy atom. The minimum atomic E-state index is -0.784. The number of hydrogen-bond acceptors (Lipinski definition) is 1. The van der Waals surface area contributed by atoms with Crippen molar-refractivity contribution in [2.24, 2.45) is 0 Å². The number of rotatable bonds is 3. The number of quaternary nitrogens is 1. The highest BCUT2D eigenvalue weighted by Gasteiger charge is 2.45. The van der Waals surface area contributed by atoms with Gasteiger partial charge < -0.3 is 9.80 Å². The summed E-state index contributed by atoms with van der Waals surface area (Å²) in [4.78, 5) is 15.8. The molecule has 4 rings (SSSR count). The summed E-state index contributed by atoms with van der Waals surface area (Å²) in [7, 11) is 0. The van der Waals surface area contributed by atoms with Crippen molar-refractivity contribution >= 4 is 5.91 Å². The van der Waals surface area contributed by atoms with Gasteiger partial charge in [-0.25, -0.2) is 8.78 Å². The molecule has 0 spiro atoms. The van der Waals surface area contributed by atoms with Crippen LogP contribution >= 0.6 is 0 Å². The summed E-state index contributed by atoms with van der Waals surface area (Å²) < 4.78 is 28.0. The molecule has 1 saturated heterocycles. The Morgan fingerprint density at radius 2 is 1.46 bits per heavy atom. The average molecular weight is 385 g/mol. The summed E-state index contributed by atoms with van der Waals surface area (Å²) in [5.41, 5.74) is 1.05. The molecule has 1 N–H and O–H groups in total. The van der Waals surface area contributed by atoms with E-state index in [0.717, 1.165) is 38.1 Å². The first-order valence-electron chi connectivity index (χ1n) is 10.3. The van der Waals surface area contributed by atoms with Gasteiger partial charge in [0.2, 0.25) is 0 Å². The molecule has 1 saturated carbocycles. The summed E-state index contributed by atoms with van der Waals surface area (Å²) in [5.74, 6) is -2.10. The van der Waals surface area contributed by atoms with Gasteiger partial charge in [0.25, 0.3) is 5.91 Å². The highest BCUT2D eigenvalue weighted by molar-refractivity contribution is 5.94. The molecule has 28 heavy (non-hydrogen) atoms. The SMILES string of the molecule is O=C(c1c(F)cccc1F)N1CC[NH+](C2(c3ccccc3)CCCCC2)CC1. The number of carbonyl (C=O) groups excluding carboxylic acids is 1. The molecular weight excluding hydrogens is 358 g/mol. The fourth-order valence-corrected chi connectivity index (χ4v) is 5.08. The molecule has 0 atom stereocenters. The maximum atomic E-state index is 14.0. The van der Waals surface area contributed by atoms with Crippen LogP contribution in [0.1, 0.15) is 48.0 Å². The molecule has 2 aromatic rings. The Bertz CT molecular complexity index is 806. The number of carbonyl (C=O) groups is 1. The van der Waals surface area contributed by atoms with Gasteiger partial charge >= 0.3 is 0 Å². The van der Waals surface area contributed by atoms with Crippen molar-refractivity contribution in [2.45, 2.75) is 37.6 Å². The van der Waals surface area contributed by atoms with Crippen molar-refractivity contribution < 1.29 is 18.5 Å². The van der Waals surface area contributed by atoms with Gasteiger partial charge in [0, 0.05) is 18.4 Å². The van der Waals surface area contributed by atoms with Gasteiger partial charge in [-0.15, -0.1) is 0 Å². The zero-order valence-corrected chi connectivity index (χ0v) is 16.1. The Hall–Kier alpha value is -2.27. The smallest absolute Gasteiger partial charge is 0.260 e. The minimum absolute atomic E-state index is 0.0951. The second-order valence-electron chi connectivity index (χ2n) is 8.00. The van der Waals surface area contributed by atoms with Gasteiger partial charge in [-0.05, 0) is 25.0 Å². The average Bonchev–Trinajstić information content (AvgIpc) is 2.75. The monoisotopic (exact) mass is 385 g/mol. The summed E-state index contributed by atoms with van der Waals surface area (Å²) in [6.07, 6.45) is 6.03. The standard InChI is InChI=1S/C23H26F2N2O/c24-19-10-7-11-20(25)21(19)22(28)26-14-16-27(17-15-26)23(12-5-2-6-13-23)18-8-3-1-4-9-18/h1,3-4,7-11H,2,5-6,12-17H2/p+1. The second-order valence-corrected chi connectivity index (χ2v) is 8.00. The molecule has 1 aliphatic heterocycles. The van der Waals surface area contributed by atoms with Crippen molar-refractivity contribution in [2.75, 3.05) is 26.2 Å². The van der Waals surface area contributed by atoms with Crippen LogP contribution in [0.25, 0.3) is 0 Å². The number of hydrogen-bond donors (Lipinski definition) is 1. The lowest BCUT2D eigenvalue weighted by atomic mass is 9.75. The first-order valence-corrected chi connectivity index (χ1v) is 10.3. The van der Waals surface area contributed by atoms with Crippen LogP contribution in [0.5, 0.6) is 0 Å². The van der Waals surface area contributed by atoms with Gasteiger partial charge in [0.1, 0.15) is 22.7 Å². The Balaban J connectivity index is 1.52. The van der Waals surface area contributed by atoms with Gasteiger partial charge in [0.05, 0.1) is 26.2 Å². The molecule has 0 aromatic heterocycles. The lowest BCUT2D eigenvalue weighted by Gasteiger charge is -2.47. The first-order chi connectivity index (χ1) is 13.6. The summed E-state index contributed by atoms with van der Waals surface area (Å²) in [5, 5.41) is 0. The Morgan fingerprint density at radius 1 is 0.857 bits per heavy atom. The van der Waals surface area contributed by atoms with Crippen molar-refractivity contribution in [3.8, 4) is 0 Å². The second kappa shape index (κ2) is 8.00. The van der Waals surface area contributed by atoms with E-state index in [-0.39, 0.29) is 5.54 Å². The van der Waals surface area contributed by atoms with Gasteiger partial charge in [0.15, 0.2) is 0 Å². The normalized spacial score (nSPS) is 20.1. The van der Waals surface area contributed by atoms with E-state index in [1.807, 2.05) is 0 Å². The number of amides is 1. The molecule has 2 fully saturated rings. The van der Waals surface area contributed by atoms with Crippen molar-refractivity contribution in [3.63, 3.8) is 0 Å². The molecular formula is C23H27F2N2O+. The molecule has 1 amide bonds. The van der Waals surface area contributed by atoms with Crippen molar-refractivity contribution in [1.29, 1.82) is 0 Å². The number of nitrogens with zero attached hydrogens (tertiary/aromatic N) is 1. The van der Waals surface area contributed by atoms with Crippen LogP contribution in [0.4, 0.5) is 8.78 Å². The van der Waals surface area contributed by atoms with Crippen LogP contribution in [0.3, 0.4) is 0 Å². The largest absolute Gasteiger partial charge is 0.327 e. The number of halogens is 2. The van der Waals surface area contributed by atoms with E-state index in [1.54, 1.807) is 4.90 Å². The third kappa shape index (κ3) is 3.44. The van der Waals surface area contributed by atoms with Crippen LogP contribution in [-0.2, 0) is 5.54 Å². The third-order valence-corrected chi connectivity index (χ3v) is 6.54. The molecule has 3 nitrogen and oxygen atoms in total.